The molecule has 0 spiro atoms. The summed E-state index contributed by atoms with van der Waals surface area (Å²) in [6, 6.07) is 12.2. The van der Waals surface area contributed by atoms with Crippen LogP contribution in [0.4, 0.5) is 5.69 Å². The number of carbonyl (C=O) groups is 2. The summed E-state index contributed by atoms with van der Waals surface area (Å²) in [7, 11) is 0. The fourth-order valence-electron chi connectivity index (χ4n) is 3.14. The third kappa shape index (κ3) is 5.49. The Morgan fingerprint density at radius 2 is 1.79 bits per heavy atom. The molecule has 2 aromatic carbocycles. The molecular formula is C21H22BrClN2O3. The minimum atomic E-state index is -0.335. The van der Waals surface area contributed by atoms with E-state index in [1.165, 1.54) is 0 Å². The molecule has 3 rings (SSSR count). The van der Waals surface area contributed by atoms with E-state index in [0.717, 1.165) is 38.8 Å². The first-order chi connectivity index (χ1) is 13.5. The van der Waals surface area contributed by atoms with Crippen molar-refractivity contribution in [1.29, 1.82) is 0 Å². The van der Waals surface area contributed by atoms with Crippen molar-refractivity contribution < 1.29 is 14.3 Å². The molecular weight excluding hydrogens is 444 g/mol. The lowest BCUT2D eigenvalue weighted by Crippen LogP contribution is -2.33. The van der Waals surface area contributed by atoms with Crippen LogP contribution in [0.5, 0.6) is 5.75 Å². The highest BCUT2D eigenvalue weighted by Crippen LogP contribution is 2.28. The highest BCUT2D eigenvalue weighted by molar-refractivity contribution is 9.10. The molecule has 0 aromatic heterocycles. The Balaban J connectivity index is 1.65. The summed E-state index contributed by atoms with van der Waals surface area (Å²) in [5.74, 6) is 0.144. The van der Waals surface area contributed by atoms with Gasteiger partial charge < -0.3 is 15.0 Å². The van der Waals surface area contributed by atoms with Gasteiger partial charge in [-0.05, 0) is 59.1 Å². The molecule has 1 saturated heterocycles. The van der Waals surface area contributed by atoms with Gasteiger partial charge in [0.1, 0.15) is 5.75 Å². The summed E-state index contributed by atoms with van der Waals surface area (Å²) in [4.78, 5) is 27.2. The molecule has 0 unspecified atom stereocenters. The van der Waals surface area contributed by atoms with Crippen molar-refractivity contribution in [2.24, 2.45) is 0 Å². The van der Waals surface area contributed by atoms with Gasteiger partial charge in [0, 0.05) is 18.1 Å². The van der Waals surface area contributed by atoms with Crippen molar-refractivity contribution in [1.82, 2.24) is 4.90 Å². The molecule has 5 nitrogen and oxygen atoms in total. The molecule has 1 fully saturated rings. The predicted molar refractivity (Wildman–Crippen MR) is 114 cm³/mol. The lowest BCUT2D eigenvalue weighted by atomic mass is 10.1. The van der Waals surface area contributed by atoms with E-state index < -0.39 is 0 Å². The van der Waals surface area contributed by atoms with E-state index in [1.54, 1.807) is 36.4 Å². The van der Waals surface area contributed by atoms with Gasteiger partial charge >= 0.3 is 0 Å². The molecule has 148 valence electrons. The summed E-state index contributed by atoms with van der Waals surface area (Å²) in [5, 5.41) is 3.37. The first kappa shape index (κ1) is 20.7. The summed E-state index contributed by atoms with van der Waals surface area (Å²) >= 11 is 9.26. The van der Waals surface area contributed by atoms with Gasteiger partial charge in [-0.25, -0.2) is 0 Å². The van der Waals surface area contributed by atoms with E-state index >= 15 is 0 Å². The fourth-order valence-corrected chi connectivity index (χ4v) is 3.94. The Labute approximate surface area is 178 Å². The van der Waals surface area contributed by atoms with Crippen molar-refractivity contribution in [3.05, 3.63) is 57.5 Å². The topological polar surface area (TPSA) is 58.6 Å². The highest BCUT2D eigenvalue weighted by Gasteiger charge is 2.20. The highest BCUT2D eigenvalue weighted by atomic mass is 79.9. The first-order valence-corrected chi connectivity index (χ1v) is 10.5. The molecule has 0 bridgehead atoms. The van der Waals surface area contributed by atoms with Gasteiger partial charge in [-0.3, -0.25) is 9.59 Å². The number of hydrogen-bond donors (Lipinski definition) is 1. The van der Waals surface area contributed by atoms with E-state index in [0.29, 0.717) is 26.5 Å². The average Bonchev–Trinajstić information content (AvgIpc) is 2.97. The van der Waals surface area contributed by atoms with Crippen molar-refractivity contribution in [3.63, 3.8) is 0 Å². The second-order valence-electron chi connectivity index (χ2n) is 6.66. The summed E-state index contributed by atoms with van der Waals surface area (Å²) < 4.78 is 6.22. The third-order valence-electron chi connectivity index (χ3n) is 4.58. The van der Waals surface area contributed by atoms with Gasteiger partial charge in [0.25, 0.3) is 11.8 Å². The molecule has 7 heteroatoms. The van der Waals surface area contributed by atoms with Crippen LogP contribution in [0, 0.1) is 0 Å². The van der Waals surface area contributed by atoms with Crippen molar-refractivity contribution in [2.75, 3.05) is 25.0 Å². The molecule has 2 amide bonds. The quantitative estimate of drug-likeness (QED) is 0.665. The van der Waals surface area contributed by atoms with Crippen LogP contribution in [-0.4, -0.2) is 36.4 Å². The smallest absolute Gasteiger partial charge is 0.262 e. The van der Waals surface area contributed by atoms with Gasteiger partial charge in [-0.1, -0.05) is 36.6 Å². The molecule has 28 heavy (non-hydrogen) atoms. The van der Waals surface area contributed by atoms with Gasteiger partial charge in [0.2, 0.25) is 0 Å². The SMILES string of the molecule is O=C(COc1ccc(Cl)cc1Br)Nc1ccccc1C(=O)N1CCCCCC1. The number of rotatable bonds is 5. The van der Waals surface area contributed by atoms with E-state index in [9.17, 15) is 9.59 Å². The number of halogens is 2. The first-order valence-electron chi connectivity index (χ1n) is 9.30. The number of nitrogens with zero attached hydrogens (tertiary/aromatic N) is 1. The monoisotopic (exact) mass is 464 g/mol. The number of para-hydroxylation sites is 1. The maximum atomic E-state index is 12.9. The summed E-state index contributed by atoms with van der Waals surface area (Å²) in [6.07, 6.45) is 4.34. The van der Waals surface area contributed by atoms with Gasteiger partial charge in [0.15, 0.2) is 6.61 Å². The molecule has 2 aromatic rings. The molecule has 0 aliphatic carbocycles. The molecule has 1 heterocycles. The normalized spacial score (nSPS) is 14.3. The molecule has 1 aliphatic rings. The number of benzene rings is 2. The molecule has 1 aliphatic heterocycles. The molecule has 0 radical (unpaired) electrons. The second-order valence-corrected chi connectivity index (χ2v) is 7.95. The maximum Gasteiger partial charge on any atom is 0.262 e. The second kappa shape index (κ2) is 9.94. The Bertz CT molecular complexity index is 851. The standard InChI is InChI=1S/C21H22BrClN2O3/c22-17-13-15(23)9-10-19(17)28-14-20(26)24-18-8-4-3-7-16(18)21(27)25-11-5-1-2-6-12-25/h3-4,7-10,13H,1-2,5-6,11-12,14H2,(H,24,26). The third-order valence-corrected chi connectivity index (χ3v) is 5.43. The Hall–Kier alpha value is -2.05. The minimum absolute atomic E-state index is 0.0424. The Morgan fingerprint density at radius 3 is 2.50 bits per heavy atom. The van der Waals surface area contributed by atoms with Crippen molar-refractivity contribution in [2.45, 2.75) is 25.7 Å². The summed E-state index contributed by atoms with van der Waals surface area (Å²) in [5.41, 5.74) is 1.01. The average molecular weight is 466 g/mol. The van der Waals surface area contributed by atoms with Crippen LogP contribution < -0.4 is 10.1 Å². The molecule has 0 atom stereocenters. The number of nitrogens with one attached hydrogen (secondary N) is 1. The van der Waals surface area contributed by atoms with Crippen molar-refractivity contribution in [3.8, 4) is 5.75 Å². The largest absolute Gasteiger partial charge is 0.483 e. The van der Waals surface area contributed by atoms with E-state index in [1.807, 2.05) is 11.0 Å². The minimum Gasteiger partial charge on any atom is -0.483 e. The van der Waals surface area contributed by atoms with Crippen LogP contribution >= 0.6 is 27.5 Å². The zero-order chi connectivity index (χ0) is 19.9. The number of likely N-dealkylation sites (tertiary alicyclic amines) is 1. The number of amides is 2. The van der Waals surface area contributed by atoms with Crippen LogP contribution in [0.2, 0.25) is 5.02 Å². The number of ether oxygens (including phenoxy) is 1. The predicted octanol–water partition coefficient (Wildman–Crippen LogP) is 5.14. The van der Waals surface area contributed by atoms with E-state index in [4.69, 9.17) is 16.3 Å². The van der Waals surface area contributed by atoms with Crippen LogP contribution in [-0.2, 0) is 4.79 Å². The van der Waals surface area contributed by atoms with Crippen LogP contribution in [0.25, 0.3) is 0 Å². The molecule has 0 saturated carbocycles. The fraction of sp³-hybridized carbons (Fsp3) is 0.333. The lowest BCUT2D eigenvalue weighted by molar-refractivity contribution is -0.118. The Morgan fingerprint density at radius 1 is 1.07 bits per heavy atom. The van der Waals surface area contributed by atoms with Gasteiger partial charge in [-0.2, -0.15) is 0 Å². The number of hydrogen-bond acceptors (Lipinski definition) is 3. The number of anilines is 1. The maximum absolute atomic E-state index is 12.9. The lowest BCUT2D eigenvalue weighted by Gasteiger charge is -2.22. The zero-order valence-corrected chi connectivity index (χ0v) is 17.8. The van der Waals surface area contributed by atoms with E-state index in [-0.39, 0.29) is 18.4 Å². The van der Waals surface area contributed by atoms with Crippen LogP contribution in [0.3, 0.4) is 0 Å². The zero-order valence-electron chi connectivity index (χ0n) is 15.4. The number of carbonyl (C=O) groups excluding carboxylic acids is 2. The molecule has 1 N–H and O–H groups in total. The summed E-state index contributed by atoms with van der Waals surface area (Å²) in [6.45, 7) is 1.34. The van der Waals surface area contributed by atoms with E-state index in [2.05, 4.69) is 21.2 Å². The van der Waals surface area contributed by atoms with Crippen molar-refractivity contribution >= 4 is 45.0 Å². The van der Waals surface area contributed by atoms with Crippen LogP contribution in [0.1, 0.15) is 36.0 Å². The van der Waals surface area contributed by atoms with Crippen LogP contribution in [0.15, 0.2) is 46.9 Å². The van der Waals surface area contributed by atoms with Gasteiger partial charge in [-0.15, -0.1) is 0 Å². The van der Waals surface area contributed by atoms with Gasteiger partial charge in [0.05, 0.1) is 15.7 Å². The Kier molecular flexibility index (Phi) is 7.34.